The number of hydrogen-bond donors (Lipinski definition) is 1. The molecule has 4 heteroatoms. The summed E-state index contributed by atoms with van der Waals surface area (Å²) in [6.45, 7) is 2.14. The van der Waals surface area contributed by atoms with Crippen LogP contribution in [0.15, 0.2) is 6.33 Å². The molecular formula is C9H16N4. The van der Waals surface area contributed by atoms with E-state index in [2.05, 4.69) is 22.4 Å². The van der Waals surface area contributed by atoms with Crippen LogP contribution in [0.5, 0.6) is 0 Å². The Morgan fingerprint density at radius 2 is 2.38 bits per heavy atom. The number of aryl methyl sites for hydroxylation is 1. The molecule has 72 valence electrons. The Labute approximate surface area is 78.4 Å². The molecule has 1 heterocycles. The maximum atomic E-state index is 4.08. The highest BCUT2D eigenvalue weighted by Crippen LogP contribution is 2.21. The van der Waals surface area contributed by atoms with Gasteiger partial charge in [-0.2, -0.15) is 0 Å². The molecule has 1 atom stereocenters. The summed E-state index contributed by atoms with van der Waals surface area (Å²) in [4.78, 5) is 0. The van der Waals surface area contributed by atoms with Crippen LogP contribution in [0.1, 0.15) is 38.1 Å². The molecule has 1 unspecified atom stereocenters. The SMILES string of the molecule is CC(NC1CCC1)c1nncn1C. The van der Waals surface area contributed by atoms with Gasteiger partial charge in [0.2, 0.25) is 0 Å². The first kappa shape index (κ1) is 8.69. The molecule has 13 heavy (non-hydrogen) atoms. The van der Waals surface area contributed by atoms with Crippen molar-refractivity contribution >= 4 is 0 Å². The van der Waals surface area contributed by atoms with Gasteiger partial charge in [-0.3, -0.25) is 0 Å². The Hall–Kier alpha value is -0.900. The predicted molar refractivity (Wildman–Crippen MR) is 50.2 cm³/mol. The van der Waals surface area contributed by atoms with Crippen LogP contribution in [0.4, 0.5) is 0 Å². The Morgan fingerprint density at radius 1 is 1.62 bits per heavy atom. The van der Waals surface area contributed by atoms with E-state index in [-0.39, 0.29) is 0 Å². The topological polar surface area (TPSA) is 42.7 Å². The van der Waals surface area contributed by atoms with Crippen LogP contribution in [0, 0.1) is 0 Å². The van der Waals surface area contributed by atoms with Gasteiger partial charge in [-0.1, -0.05) is 6.42 Å². The zero-order valence-corrected chi connectivity index (χ0v) is 8.20. The molecule has 1 aromatic heterocycles. The molecule has 0 aromatic carbocycles. The van der Waals surface area contributed by atoms with E-state index < -0.39 is 0 Å². The van der Waals surface area contributed by atoms with E-state index in [0.29, 0.717) is 12.1 Å². The quantitative estimate of drug-likeness (QED) is 0.755. The minimum absolute atomic E-state index is 0.317. The minimum Gasteiger partial charge on any atom is -0.319 e. The van der Waals surface area contributed by atoms with Crippen LogP contribution in [0.2, 0.25) is 0 Å². The number of aromatic nitrogens is 3. The van der Waals surface area contributed by atoms with Crippen molar-refractivity contribution in [2.75, 3.05) is 0 Å². The summed E-state index contributed by atoms with van der Waals surface area (Å²) >= 11 is 0. The van der Waals surface area contributed by atoms with E-state index in [1.54, 1.807) is 6.33 Å². The normalized spacial score (nSPS) is 19.8. The zero-order chi connectivity index (χ0) is 9.26. The average Bonchev–Trinajstić information content (AvgIpc) is 2.43. The van der Waals surface area contributed by atoms with Crippen LogP contribution < -0.4 is 5.32 Å². The van der Waals surface area contributed by atoms with Crippen molar-refractivity contribution in [3.63, 3.8) is 0 Å². The first-order valence-electron chi connectivity index (χ1n) is 4.87. The summed E-state index contributed by atoms with van der Waals surface area (Å²) in [5, 5.41) is 11.5. The summed E-state index contributed by atoms with van der Waals surface area (Å²) in [6.07, 6.45) is 5.72. The van der Waals surface area contributed by atoms with Gasteiger partial charge in [0, 0.05) is 13.1 Å². The van der Waals surface area contributed by atoms with E-state index >= 15 is 0 Å². The van der Waals surface area contributed by atoms with Crippen LogP contribution in [-0.4, -0.2) is 20.8 Å². The molecule has 2 rings (SSSR count). The second-order valence-corrected chi connectivity index (χ2v) is 3.82. The number of nitrogens with zero attached hydrogens (tertiary/aromatic N) is 3. The fraction of sp³-hybridized carbons (Fsp3) is 0.778. The van der Waals surface area contributed by atoms with E-state index in [0.717, 1.165) is 5.82 Å². The Morgan fingerprint density at radius 3 is 2.85 bits per heavy atom. The molecule has 0 amide bonds. The average molecular weight is 180 g/mol. The van der Waals surface area contributed by atoms with Gasteiger partial charge in [0.05, 0.1) is 6.04 Å². The lowest BCUT2D eigenvalue weighted by molar-refractivity contribution is 0.306. The summed E-state index contributed by atoms with van der Waals surface area (Å²) in [5.74, 6) is 1.02. The summed E-state index contributed by atoms with van der Waals surface area (Å²) in [7, 11) is 1.98. The molecule has 1 aliphatic carbocycles. The number of rotatable bonds is 3. The van der Waals surface area contributed by atoms with Crippen molar-refractivity contribution in [1.29, 1.82) is 0 Å². The Balaban J connectivity index is 1.96. The third kappa shape index (κ3) is 1.72. The third-order valence-corrected chi connectivity index (χ3v) is 2.72. The lowest BCUT2D eigenvalue weighted by atomic mass is 9.92. The highest BCUT2D eigenvalue weighted by Gasteiger charge is 2.21. The molecule has 1 N–H and O–H groups in total. The van der Waals surface area contributed by atoms with E-state index in [1.807, 2.05) is 11.6 Å². The largest absolute Gasteiger partial charge is 0.319 e. The van der Waals surface area contributed by atoms with Gasteiger partial charge < -0.3 is 9.88 Å². The molecule has 4 nitrogen and oxygen atoms in total. The molecule has 1 saturated carbocycles. The second-order valence-electron chi connectivity index (χ2n) is 3.82. The molecule has 0 spiro atoms. The Kier molecular flexibility index (Phi) is 2.31. The lowest BCUT2D eigenvalue weighted by Crippen LogP contribution is -2.37. The van der Waals surface area contributed by atoms with Gasteiger partial charge in [0.1, 0.15) is 12.2 Å². The molecule has 1 aliphatic rings. The molecular weight excluding hydrogens is 164 g/mol. The molecule has 0 saturated heterocycles. The maximum absolute atomic E-state index is 4.08. The van der Waals surface area contributed by atoms with Gasteiger partial charge in [-0.15, -0.1) is 10.2 Å². The molecule has 0 aliphatic heterocycles. The van der Waals surface area contributed by atoms with Gasteiger partial charge in [0.25, 0.3) is 0 Å². The van der Waals surface area contributed by atoms with Crippen LogP contribution in [-0.2, 0) is 7.05 Å². The van der Waals surface area contributed by atoms with Gasteiger partial charge in [0.15, 0.2) is 0 Å². The van der Waals surface area contributed by atoms with Crippen molar-refractivity contribution in [2.45, 2.75) is 38.3 Å². The standard InChI is InChI=1S/C9H16N4/c1-7(11-8-4-3-5-8)9-12-10-6-13(9)2/h6-8,11H,3-5H2,1-2H3. The van der Waals surface area contributed by atoms with E-state index in [9.17, 15) is 0 Å². The van der Waals surface area contributed by atoms with Crippen molar-refractivity contribution in [3.8, 4) is 0 Å². The van der Waals surface area contributed by atoms with E-state index in [1.165, 1.54) is 19.3 Å². The van der Waals surface area contributed by atoms with E-state index in [4.69, 9.17) is 0 Å². The molecule has 1 aromatic rings. The predicted octanol–water partition coefficient (Wildman–Crippen LogP) is 1.02. The smallest absolute Gasteiger partial charge is 0.149 e. The monoisotopic (exact) mass is 180 g/mol. The molecule has 0 bridgehead atoms. The van der Waals surface area contributed by atoms with Crippen molar-refractivity contribution < 1.29 is 0 Å². The molecule has 0 radical (unpaired) electrons. The zero-order valence-electron chi connectivity index (χ0n) is 8.20. The highest BCUT2D eigenvalue weighted by atomic mass is 15.3. The van der Waals surface area contributed by atoms with Crippen molar-refractivity contribution in [2.24, 2.45) is 7.05 Å². The number of hydrogen-bond acceptors (Lipinski definition) is 3. The first-order chi connectivity index (χ1) is 6.27. The highest BCUT2D eigenvalue weighted by molar-refractivity contribution is 4.94. The van der Waals surface area contributed by atoms with Gasteiger partial charge in [-0.05, 0) is 19.8 Å². The van der Waals surface area contributed by atoms with Crippen LogP contribution in [0.3, 0.4) is 0 Å². The van der Waals surface area contributed by atoms with Crippen molar-refractivity contribution in [1.82, 2.24) is 20.1 Å². The van der Waals surface area contributed by atoms with Crippen LogP contribution in [0.25, 0.3) is 0 Å². The van der Waals surface area contributed by atoms with Gasteiger partial charge in [-0.25, -0.2) is 0 Å². The van der Waals surface area contributed by atoms with Gasteiger partial charge >= 0.3 is 0 Å². The Bertz CT molecular complexity index is 277. The first-order valence-corrected chi connectivity index (χ1v) is 4.87. The fourth-order valence-corrected chi connectivity index (χ4v) is 1.69. The minimum atomic E-state index is 0.317. The third-order valence-electron chi connectivity index (χ3n) is 2.72. The second kappa shape index (κ2) is 3.46. The lowest BCUT2D eigenvalue weighted by Gasteiger charge is -2.29. The summed E-state index contributed by atoms with van der Waals surface area (Å²) in [5.41, 5.74) is 0. The van der Waals surface area contributed by atoms with Crippen LogP contribution >= 0.6 is 0 Å². The maximum Gasteiger partial charge on any atom is 0.149 e. The molecule has 1 fully saturated rings. The fourth-order valence-electron chi connectivity index (χ4n) is 1.69. The summed E-state index contributed by atoms with van der Waals surface area (Å²) < 4.78 is 1.97. The summed E-state index contributed by atoms with van der Waals surface area (Å²) in [6, 6.07) is 1.02. The van der Waals surface area contributed by atoms with Crippen molar-refractivity contribution in [3.05, 3.63) is 12.2 Å². The number of nitrogens with one attached hydrogen (secondary N) is 1.